The molecule has 1 aliphatic rings. The predicted molar refractivity (Wildman–Crippen MR) is 116 cm³/mol. The minimum absolute atomic E-state index is 0.215. The Morgan fingerprint density at radius 1 is 1.17 bits per heavy atom. The first-order chi connectivity index (χ1) is 14.6. The lowest BCUT2D eigenvalue weighted by atomic mass is 10.1. The molecule has 1 aromatic heterocycles. The van der Waals surface area contributed by atoms with Gasteiger partial charge in [-0.2, -0.15) is 0 Å². The zero-order chi connectivity index (χ0) is 21.1. The Morgan fingerprint density at radius 2 is 1.90 bits per heavy atom. The first-order valence-corrected chi connectivity index (χ1v) is 9.69. The molecular formula is C23H22N4O3. The standard InChI is InChI=1S/C23H22N4O3/c1-3-11-25-17(4-2)21-20(16-9-10-18-19(12-16)30-13-29-18)26-23(27-21)15-7-5-14(6-8-15)22(24)28/h3,5-12H,4,13H2,1-2H3,(H2,24,28)(H,26,27)/b11-3-,25-17?. The van der Waals surface area contributed by atoms with Gasteiger partial charge in [-0.1, -0.05) is 25.1 Å². The Hall–Kier alpha value is -3.87. The van der Waals surface area contributed by atoms with Crippen molar-refractivity contribution in [3.63, 3.8) is 0 Å². The number of carbonyl (C=O) groups excluding carboxylic acids is 1. The van der Waals surface area contributed by atoms with E-state index in [1.165, 1.54) is 0 Å². The molecule has 1 amide bonds. The molecule has 0 spiro atoms. The number of rotatable bonds is 6. The number of hydrogen-bond donors (Lipinski definition) is 2. The summed E-state index contributed by atoms with van der Waals surface area (Å²) in [5.74, 6) is 1.62. The molecule has 0 bridgehead atoms. The van der Waals surface area contributed by atoms with Crippen molar-refractivity contribution in [1.82, 2.24) is 9.97 Å². The number of nitrogens with two attached hydrogens (primary N) is 1. The Morgan fingerprint density at radius 3 is 2.60 bits per heavy atom. The number of allylic oxidation sites excluding steroid dienone is 1. The maximum Gasteiger partial charge on any atom is 0.248 e. The van der Waals surface area contributed by atoms with Gasteiger partial charge in [0.05, 0.1) is 17.1 Å². The molecule has 0 atom stereocenters. The fourth-order valence-corrected chi connectivity index (χ4v) is 3.26. The van der Waals surface area contributed by atoms with Gasteiger partial charge >= 0.3 is 0 Å². The number of fused-ring (bicyclic) bond motifs is 1. The van der Waals surface area contributed by atoms with Gasteiger partial charge in [0, 0.05) is 22.9 Å². The van der Waals surface area contributed by atoms with Crippen LogP contribution in [0.1, 0.15) is 36.3 Å². The Kier molecular flexibility index (Phi) is 5.34. The van der Waals surface area contributed by atoms with Crippen molar-refractivity contribution < 1.29 is 14.3 Å². The third-order valence-corrected chi connectivity index (χ3v) is 4.80. The molecule has 0 fully saturated rings. The number of amides is 1. The van der Waals surface area contributed by atoms with Crippen LogP contribution < -0.4 is 15.2 Å². The maximum atomic E-state index is 11.4. The molecule has 7 heteroatoms. The zero-order valence-electron chi connectivity index (χ0n) is 16.8. The van der Waals surface area contributed by atoms with Crippen molar-refractivity contribution in [1.29, 1.82) is 0 Å². The lowest BCUT2D eigenvalue weighted by Gasteiger charge is -2.05. The van der Waals surface area contributed by atoms with Gasteiger partial charge in [0.25, 0.3) is 0 Å². The van der Waals surface area contributed by atoms with E-state index in [0.29, 0.717) is 17.1 Å². The fraction of sp³-hybridized carbons (Fsp3) is 0.174. The van der Waals surface area contributed by atoms with Gasteiger partial charge in [-0.25, -0.2) is 4.98 Å². The van der Waals surface area contributed by atoms with E-state index in [0.717, 1.165) is 40.4 Å². The highest BCUT2D eigenvalue weighted by Crippen LogP contribution is 2.37. The van der Waals surface area contributed by atoms with Crippen LogP contribution in [-0.2, 0) is 0 Å². The zero-order valence-corrected chi connectivity index (χ0v) is 16.8. The van der Waals surface area contributed by atoms with E-state index in [1.807, 2.05) is 50.3 Å². The Labute approximate surface area is 174 Å². The average molecular weight is 402 g/mol. The van der Waals surface area contributed by atoms with E-state index < -0.39 is 5.91 Å². The number of nitrogens with one attached hydrogen (secondary N) is 1. The van der Waals surface area contributed by atoms with Gasteiger partial charge in [-0.3, -0.25) is 9.79 Å². The van der Waals surface area contributed by atoms with Gasteiger partial charge < -0.3 is 20.2 Å². The molecular weight excluding hydrogens is 380 g/mol. The highest BCUT2D eigenvalue weighted by Gasteiger charge is 2.20. The second-order valence-corrected chi connectivity index (χ2v) is 6.73. The number of nitrogens with zero attached hydrogens (tertiary/aromatic N) is 2. The third-order valence-electron chi connectivity index (χ3n) is 4.80. The molecule has 3 aromatic rings. The van der Waals surface area contributed by atoms with Crippen molar-refractivity contribution in [2.24, 2.45) is 10.7 Å². The van der Waals surface area contributed by atoms with E-state index in [9.17, 15) is 4.79 Å². The number of primary amides is 1. The summed E-state index contributed by atoms with van der Waals surface area (Å²) >= 11 is 0. The fourth-order valence-electron chi connectivity index (χ4n) is 3.26. The van der Waals surface area contributed by atoms with Crippen molar-refractivity contribution in [2.75, 3.05) is 6.79 Å². The molecule has 1 aliphatic heterocycles. The van der Waals surface area contributed by atoms with Gasteiger partial charge in [-0.15, -0.1) is 0 Å². The molecule has 0 saturated carbocycles. The van der Waals surface area contributed by atoms with Crippen molar-refractivity contribution in [2.45, 2.75) is 20.3 Å². The number of carbonyl (C=O) groups is 1. The van der Waals surface area contributed by atoms with Crippen LogP contribution in [-0.4, -0.2) is 28.4 Å². The summed E-state index contributed by atoms with van der Waals surface area (Å²) in [5, 5.41) is 0. The van der Waals surface area contributed by atoms with E-state index in [1.54, 1.807) is 18.3 Å². The second-order valence-electron chi connectivity index (χ2n) is 6.73. The van der Waals surface area contributed by atoms with Crippen LogP contribution >= 0.6 is 0 Å². The van der Waals surface area contributed by atoms with Crippen molar-refractivity contribution in [3.05, 3.63) is 66.0 Å². The smallest absolute Gasteiger partial charge is 0.248 e. The number of aromatic nitrogens is 2. The molecule has 0 radical (unpaired) electrons. The summed E-state index contributed by atoms with van der Waals surface area (Å²) in [5.41, 5.74) is 10.0. The molecule has 0 unspecified atom stereocenters. The van der Waals surface area contributed by atoms with E-state index in [-0.39, 0.29) is 6.79 Å². The first kappa shape index (κ1) is 19.4. The molecule has 3 N–H and O–H groups in total. The monoisotopic (exact) mass is 402 g/mol. The van der Waals surface area contributed by atoms with Crippen LogP contribution in [0.3, 0.4) is 0 Å². The maximum absolute atomic E-state index is 11.4. The topological polar surface area (TPSA) is 103 Å². The summed E-state index contributed by atoms with van der Waals surface area (Å²) in [6.07, 6.45) is 4.38. The second kappa shape index (κ2) is 8.24. The molecule has 0 aliphatic carbocycles. The third kappa shape index (κ3) is 3.69. The number of H-pyrrole nitrogens is 1. The lowest BCUT2D eigenvalue weighted by Crippen LogP contribution is -2.10. The van der Waals surface area contributed by atoms with Gasteiger partial charge in [-0.05, 0) is 43.7 Å². The van der Waals surface area contributed by atoms with Crippen LogP contribution in [0.5, 0.6) is 11.5 Å². The predicted octanol–water partition coefficient (Wildman–Crippen LogP) is 4.30. The van der Waals surface area contributed by atoms with E-state index in [4.69, 9.17) is 20.2 Å². The summed E-state index contributed by atoms with van der Waals surface area (Å²) in [6, 6.07) is 12.8. The Bertz CT molecular complexity index is 1140. The van der Waals surface area contributed by atoms with Crippen LogP contribution in [0, 0.1) is 0 Å². The van der Waals surface area contributed by atoms with Crippen LogP contribution in [0.25, 0.3) is 22.6 Å². The molecule has 30 heavy (non-hydrogen) atoms. The van der Waals surface area contributed by atoms with Crippen molar-refractivity contribution >= 4 is 11.6 Å². The van der Waals surface area contributed by atoms with Gasteiger partial charge in [0.1, 0.15) is 5.82 Å². The molecule has 0 saturated heterocycles. The largest absolute Gasteiger partial charge is 0.454 e. The van der Waals surface area contributed by atoms with Crippen LogP contribution in [0.4, 0.5) is 0 Å². The summed E-state index contributed by atoms with van der Waals surface area (Å²) in [4.78, 5) is 24.2. The SMILES string of the molecule is C/C=C\N=C(CC)c1[nH]c(-c2ccc(C(N)=O)cc2)nc1-c1ccc2c(c1)OCO2. The number of benzene rings is 2. The van der Waals surface area contributed by atoms with Crippen molar-refractivity contribution in [3.8, 4) is 34.1 Å². The number of hydrogen-bond acceptors (Lipinski definition) is 5. The quantitative estimate of drug-likeness (QED) is 0.600. The average Bonchev–Trinajstić information content (AvgIpc) is 3.41. The van der Waals surface area contributed by atoms with Gasteiger partial charge in [0.15, 0.2) is 11.5 Å². The molecule has 7 nitrogen and oxygen atoms in total. The van der Waals surface area contributed by atoms with E-state index >= 15 is 0 Å². The molecule has 2 aromatic carbocycles. The minimum Gasteiger partial charge on any atom is -0.454 e. The normalized spacial score (nSPS) is 13.2. The minimum atomic E-state index is -0.463. The molecule has 2 heterocycles. The Balaban J connectivity index is 1.84. The number of aliphatic imine (C=N–C) groups is 1. The van der Waals surface area contributed by atoms with Crippen LogP contribution in [0.15, 0.2) is 59.7 Å². The molecule has 152 valence electrons. The highest BCUT2D eigenvalue weighted by molar-refractivity contribution is 6.04. The summed E-state index contributed by atoms with van der Waals surface area (Å²) in [6.45, 7) is 4.19. The van der Waals surface area contributed by atoms with Crippen LogP contribution in [0.2, 0.25) is 0 Å². The first-order valence-electron chi connectivity index (χ1n) is 9.69. The summed E-state index contributed by atoms with van der Waals surface area (Å²) in [7, 11) is 0. The molecule has 4 rings (SSSR count). The van der Waals surface area contributed by atoms with E-state index in [2.05, 4.69) is 9.98 Å². The highest BCUT2D eigenvalue weighted by atomic mass is 16.7. The lowest BCUT2D eigenvalue weighted by molar-refractivity contribution is 0.100. The number of aromatic amines is 1. The summed E-state index contributed by atoms with van der Waals surface area (Å²) < 4.78 is 11.0. The number of imidazole rings is 1. The number of ether oxygens (including phenoxy) is 2. The van der Waals surface area contributed by atoms with Gasteiger partial charge in [0.2, 0.25) is 12.7 Å².